The molecule has 4 N–H and O–H groups in total. The van der Waals surface area contributed by atoms with E-state index in [0.29, 0.717) is 5.69 Å². The zero-order chi connectivity index (χ0) is 14.4. The molecule has 110 valence electrons. The number of unbranched alkanes of at least 4 members (excludes halogenated alkanes) is 1. The number of nitrogens with zero attached hydrogens (tertiary/aromatic N) is 1. The summed E-state index contributed by atoms with van der Waals surface area (Å²) in [6, 6.07) is 1.91. The number of amides is 1. The van der Waals surface area contributed by atoms with Crippen LogP contribution in [0.15, 0.2) is 12.3 Å². The molecule has 1 aliphatic rings. The van der Waals surface area contributed by atoms with Gasteiger partial charge in [-0.05, 0) is 44.2 Å². The number of pyridine rings is 1. The van der Waals surface area contributed by atoms with Crippen LogP contribution >= 0.6 is 0 Å². The number of hydrogen-bond donors (Lipinski definition) is 3. The highest BCUT2D eigenvalue weighted by Gasteiger charge is 2.24. The summed E-state index contributed by atoms with van der Waals surface area (Å²) in [6.45, 7) is 3.62. The number of carbonyl (C=O) groups is 1. The Morgan fingerprint density at radius 2 is 2.15 bits per heavy atom. The number of aryl methyl sites for hydroxylation is 1. The van der Waals surface area contributed by atoms with Gasteiger partial charge in [0.2, 0.25) is 5.91 Å². The molecule has 0 unspecified atom stereocenters. The molecule has 5 heteroatoms. The van der Waals surface area contributed by atoms with E-state index in [4.69, 9.17) is 5.73 Å². The van der Waals surface area contributed by atoms with Crippen molar-refractivity contribution in [1.29, 1.82) is 0 Å². The molecule has 1 heterocycles. The van der Waals surface area contributed by atoms with Crippen molar-refractivity contribution >= 4 is 17.4 Å². The number of rotatable bonds is 7. The molecule has 0 atom stereocenters. The summed E-state index contributed by atoms with van der Waals surface area (Å²) in [7, 11) is 0. The molecule has 5 nitrogen and oxygen atoms in total. The lowest BCUT2D eigenvalue weighted by molar-refractivity contribution is -0.127. The van der Waals surface area contributed by atoms with Crippen LogP contribution in [0, 0.1) is 12.8 Å². The predicted molar refractivity (Wildman–Crippen MR) is 81.5 cm³/mol. The van der Waals surface area contributed by atoms with E-state index in [2.05, 4.69) is 15.6 Å². The second-order valence-electron chi connectivity index (χ2n) is 5.49. The van der Waals surface area contributed by atoms with Crippen LogP contribution in [0.25, 0.3) is 0 Å². The number of nitrogens with one attached hydrogen (secondary N) is 2. The molecule has 2 rings (SSSR count). The van der Waals surface area contributed by atoms with Crippen LogP contribution in [-0.2, 0) is 4.79 Å². The molecule has 0 bridgehead atoms. The van der Waals surface area contributed by atoms with Gasteiger partial charge in [-0.3, -0.25) is 4.79 Å². The van der Waals surface area contributed by atoms with Gasteiger partial charge < -0.3 is 16.4 Å². The Bertz CT molecular complexity index is 457. The smallest absolute Gasteiger partial charge is 0.223 e. The molecule has 0 saturated heterocycles. The molecule has 1 aromatic heterocycles. The van der Waals surface area contributed by atoms with E-state index in [-0.39, 0.29) is 11.8 Å². The Morgan fingerprint density at radius 3 is 2.80 bits per heavy atom. The molecular weight excluding hydrogens is 252 g/mol. The van der Waals surface area contributed by atoms with Gasteiger partial charge in [0.15, 0.2) is 0 Å². The fourth-order valence-electron chi connectivity index (χ4n) is 2.26. The van der Waals surface area contributed by atoms with E-state index in [1.165, 1.54) is 6.42 Å². The van der Waals surface area contributed by atoms with Gasteiger partial charge in [0.1, 0.15) is 5.82 Å². The summed E-state index contributed by atoms with van der Waals surface area (Å²) in [5.74, 6) is 1.41. The van der Waals surface area contributed by atoms with E-state index in [1.807, 2.05) is 13.0 Å². The predicted octanol–water partition coefficient (Wildman–Crippen LogP) is 2.08. The van der Waals surface area contributed by atoms with Gasteiger partial charge >= 0.3 is 0 Å². The molecule has 1 saturated carbocycles. The van der Waals surface area contributed by atoms with E-state index in [1.54, 1.807) is 6.20 Å². The third-order valence-corrected chi connectivity index (χ3v) is 3.77. The molecule has 1 aliphatic carbocycles. The number of anilines is 2. The van der Waals surface area contributed by atoms with Gasteiger partial charge in [-0.25, -0.2) is 4.98 Å². The monoisotopic (exact) mass is 276 g/mol. The minimum atomic E-state index is 0.236. The Balaban J connectivity index is 1.56. The molecule has 0 radical (unpaired) electrons. The minimum Gasteiger partial charge on any atom is -0.397 e. The lowest BCUT2D eigenvalue weighted by Crippen LogP contribution is -2.35. The standard InChI is InChI=1S/C15H24N4O/c1-11-9-13(16)10-19-14(11)17-7-2-3-8-18-15(20)12-5-4-6-12/h9-10,12H,2-8,16H2,1H3,(H,17,19)(H,18,20). The van der Waals surface area contributed by atoms with Crippen molar-refractivity contribution in [3.8, 4) is 0 Å². The van der Waals surface area contributed by atoms with Crippen LogP contribution in [0.5, 0.6) is 0 Å². The van der Waals surface area contributed by atoms with Crippen LogP contribution in [0.4, 0.5) is 11.5 Å². The van der Waals surface area contributed by atoms with Crippen LogP contribution in [-0.4, -0.2) is 24.0 Å². The largest absolute Gasteiger partial charge is 0.397 e. The fourth-order valence-corrected chi connectivity index (χ4v) is 2.26. The zero-order valence-electron chi connectivity index (χ0n) is 12.1. The topological polar surface area (TPSA) is 80.0 Å². The van der Waals surface area contributed by atoms with E-state index in [0.717, 1.165) is 50.2 Å². The summed E-state index contributed by atoms with van der Waals surface area (Å²) in [5.41, 5.74) is 7.41. The van der Waals surface area contributed by atoms with Crippen molar-refractivity contribution in [3.05, 3.63) is 17.8 Å². The molecule has 0 spiro atoms. The molecule has 20 heavy (non-hydrogen) atoms. The van der Waals surface area contributed by atoms with Gasteiger partial charge in [-0.2, -0.15) is 0 Å². The average molecular weight is 276 g/mol. The van der Waals surface area contributed by atoms with E-state index in [9.17, 15) is 4.79 Å². The van der Waals surface area contributed by atoms with Crippen molar-refractivity contribution in [2.75, 3.05) is 24.1 Å². The first kappa shape index (κ1) is 14.6. The quantitative estimate of drug-likeness (QED) is 0.666. The maximum atomic E-state index is 11.6. The normalized spacial score (nSPS) is 14.7. The summed E-state index contributed by atoms with van der Waals surface area (Å²) in [4.78, 5) is 15.9. The first-order valence-corrected chi connectivity index (χ1v) is 7.40. The van der Waals surface area contributed by atoms with Gasteiger partial charge in [0.25, 0.3) is 0 Å². The molecule has 0 aliphatic heterocycles. The highest BCUT2D eigenvalue weighted by molar-refractivity contribution is 5.79. The van der Waals surface area contributed by atoms with Crippen LogP contribution in [0.1, 0.15) is 37.7 Å². The van der Waals surface area contributed by atoms with Gasteiger partial charge in [-0.15, -0.1) is 0 Å². The first-order chi connectivity index (χ1) is 9.66. The number of nitrogens with two attached hydrogens (primary N) is 1. The van der Waals surface area contributed by atoms with Crippen LogP contribution < -0.4 is 16.4 Å². The summed E-state index contributed by atoms with van der Waals surface area (Å²) in [5, 5.41) is 6.30. The number of hydrogen-bond acceptors (Lipinski definition) is 4. The second-order valence-corrected chi connectivity index (χ2v) is 5.49. The SMILES string of the molecule is Cc1cc(N)cnc1NCCCCNC(=O)C1CCC1. The van der Waals surface area contributed by atoms with Crippen LogP contribution in [0.3, 0.4) is 0 Å². The van der Waals surface area contributed by atoms with Crippen molar-refractivity contribution < 1.29 is 4.79 Å². The van der Waals surface area contributed by atoms with Crippen molar-refractivity contribution in [3.63, 3.8) is 0 Å². The average Bonchev–Trinajstić information content (AvgIpc) is 2.33. The summed E-state index contributed by atoms with van der Waals surface area (Å²) in [6.07, 6.45) is 6.99. The number of aromatic nitrogens is 1. The highest BCUT2D eigenvalue weighted by Crippen LogP contribution is 2.26. The summed E-state index contributed by atoms with van der Waals surface area (Å²) >= 11 is 0. The van der Waals surface area contributed by atoms with Crippen molar-refractivity contribution in [2.24, 2.45) is 5.92 Å². The molecule has 0 aromatic carbocycles. The number of carbonyl (C=O) groups excluding carboxylic acids is 1. The van der Waals surface area contributed by atoms with E-state index < -0.39 is 0 Å². The Labute approximate surface area is 120 Å². The molecule has 1 amide bonds. The number of nitrogen functional groups attached to an aromatic ring is 1. The van der Waals surface area contributed by atoms with Crippen LogP contribution in [0.2, 0.25) is 0 Å². The lowest BCUT2D eigenvalue weighted by Gasteiger charge is -2.24. The van der Waals surface area contributed by atoms with Crippen molar-refractivity contribution in [1.82, 2.24) is 10.3 Å². The van der Waals surface area contributed by atoms with Gasteiger partial charge in [0.05, 0.1) is 11.9 Å². The van der Waals surface area contributed by atoms with E-state index >= 15 is 0 Å². The van der Waals surface area contributed by atoms with Gasteiger partial charge in [-0.1, -0.05) is 6.42 Å². The summed E-state index contributed by atoms with van der Waals surface area (Å²) < 4.78 is 0. The third kappa shape index (κ3) is 4.11. The Hall–Kier alpha value is -1.78. The molecule has 1 aromatic rings. The Kier molecular flexibility index (Phi) is 5.21. The lowest BCUT2D eigenvalue weighted by atomic mass is 9.85. The second kappa shape index (κ2) is 7.12. The highest BCUT2D eigenvalue weighted by atomic mass is 16.1. The third-order valence-electron chi connectivity index (χ3n) is 3.77. The first-order valence-electron chi connectivity index (χ1n) is 7.40. The van der Waals surface area contributed by atoms with Crippen molar-refractivity contribution in [2.45, 2.75) is 39.0 Å². The fraction of sp³-hybridized carbons (Fsp3) is 0.600. The zero-order valence-corrected chi connectivity index (χ0v) is 12.1. The molecule has 1 fully saturated rings. The Morgan fingerprint density at radius 1 is 1.40 bits per heavy atom. The maximum Gasteiger partial charge on any atom is 0.223 e. The maximum absolute atomic E-state index is 11.6. The minimum absolute atomic E-state index is 0.236. The molecular formula is C15H24N4O. The van der Waals surface area contributed by atoms with Gasteiger partial charge in [0, 0.05) is 19.0 Å².